The highest BCUT2D eigenvalue weighted by molar-refractivity contribution is 5.44. The van der Waals surface area contributed by atoms with Crippen LogP contribution in [0, 0.1) is 0 Å². The van der Waals surface area contributed by atoms with Crippen molar-refractivity contribution in [1.29, 1.82) is 0 Å². The SMILES string of the molecule is CN(C)c1noc(-c2nc(N)n[nH]2)n1. The summed E-state index contributed by atoms with van der Waals surface area (Å²) < 4.78 is 4.93. The molecule has 0 atom stereocenters. The Kier molecular flexibility index (Phi) is 1.80. The van der Waals surface area contributed by atoms with Crippen molar-refractivity contribution in [2.75, 3.05) is 24.7 Å². The summed E-state index contributed by atoms with van der Waals surface area (Å²) in [5.41, 5.74) is 5.33. The van der Waals surface area contributed by atoms with Gasteiger partial charge in [0.2, 0.25) is 11.8 Å². The molecule has 74 valence electrons. The normalized spacial score (nSPS) is 10.4. The molecule has 14 heavy (non-hydrogen) atoms. The summed E-state index contributed by atoms with van der Waals surface area (Å²) in [5.74, 6) is 1.24. The molecular formula is C6H9N7O. The van der Waals surface area contributed by atoms with Crippen LogP contribution >= 0.6 is 0 Å². The zero-order valence-electron chi connectivity index (χ0n) is 7.72. The van der Waals surface area contributed by atoms with Crippen molar-refractivity contribution < 1.29 is 4.52 Å². The second-order valence-corrected chi connectivity index (χ2v) is 2.84. The molecule has 2 heterocycles. The molecule has 0 spiro atoms. The van der Waals surface area contributed by atoms with Gasteiger partial charge in [0.05, 0.1) is 0 Å². The standard InChI is InChI=1S/C6H9N7O/c1-13(2)6-9-4(14-12-6)3-8-5(7)11-10-3/h1-2H3,(H3,7,8,10,11). The molecule has 2 rings (SSSR count). The van der Waals surface area contributed by atoms with E-state index in [9.17, 15) is 0 Å². The molecule has 0 bridgehead atoms. The summed E-state index contributed by atoms with van der Waals surface area (Å²) in [4.78, 5) is 9.62. The third kappa shape index (κ3) is 1.37. The van der Waals surface area contributed by atoms with Crippen LogP contribution in [-0.2, 0) is 0 Å². The van der Waals surface area contributed by atoms with Crippen LogP contribution in [0.25, 0.3) is 11.7 Å². The Balaban J connectivity index is 2.33. The van der Waals surface area contributed by atoms with Gasteiger partial charge in [-0.3, -0.25) is 5.10 Å². The second kappa shape index (κ2) is 2.98. The topological polar surface area (TPSA) is 110 Å². The van der Waals surface area contributed by atoms with E-state index in [4.69, 9.17) is 10.3 Å². The van der Waals surface area contributed by atoms with Crippen LogP contribution in [0.2, 0.25) is 0 Å². The van der Waals surface area contributed by atoms with Crippen molar-refractivity contribution in [2.45, 2.75) is 0 Å². The van der Waals surface area contributed by atoms with E-state index in [0.717, 1.165) is 0 Å². The fourth-order valence-electron chi connectivity index (χ4n) is 0.864. The first-order valence-electron chi connectivity index (χ1n) is 3.86. The Morgan fingerprint density at radius 1 is 1.36 bits per heavy atom. The molecule has 0 saturated carbocycles. The maximum absolute atomic E-state index is 5.33. The fourth-order valence-corrected chi connectivity index (χ4v) is 0.864. The van der Waals surface area contributed by atoms with Crippen LogP contribution in [0.5, 0.6) is 0 Å². The fraction of sp³-hybridized carbons (Fsp3) is 0.333. The Bertz CT molecular complexity index is 431. The minimum absolute atomic E-state index is 0.143. The molecule has 0 radical (unpaired) electrons. The molecular weight excluding hydrogens is 186 g/mol. The quantitative estimate of drug-likeness (QED) is 0.664. The van der Waals surface area contributed by atoms with E-state index in [1.807, 2.05) is 14.1 Å². The number of anilines is 2. The Labute approximate surface area is 79.1 Å². The lowest BCUT2D eigenvalue weighted by Gasteiger charge is -2.01. The van der Waals surface area contributed by atoms with Crippen LogP contribution in [0.4, 0.5) is 11.9 Å². The first-order chi connectivity index (χ1) is 6.66. The third-order valence-electron chi connectivity index (χ3n) is 1.52. The van der Waals surface area contributed by atoms with Gasteiger partial charge in [-0.15, -0.1) is 5.10 Å². The predicted molar refractivity (Wildman–Crippen MR) is 48.4 cm³/mol. The van der Waals surface area contributed by atoms with E-state index >= 15 is 0 Å². The number of aromatic nitrogens is 5. The Morgan fingerprint density at radius 2 is 2.14 bits per heavy atom. The number of aromatic amines is 1. The van der Waals surface area contributed by atoms with Crippen LogP contribution in [-0.4, -0.2) is 39.4 Å². The van der Waals surface area contributed by atoms with Crippen LogP contribution in [0.3, 0.4) is 0 Å². The molecule has 0 fully saturated rings. The smallest absolute Gasteiger partial charge is 0.296 e. The van der Waals surface area contributed by atoms with Crippen molar-refractivity contribution in [2.24, 2.45) is 0 Å². The van der Waals surface area contributed by atoms with E-state index in [0.29, 0.717) is 11.8 Å². The monoisotopic (exact) mass is 195 g/mol. The van der Waals surface area contributed by atoms with E-state index in [2.05, 4.69) is 25.3 Å². The lowest BCUT2D eigenvalue weighted by Crippen LogP contribution is -2.10. The highest BCUT2D eigenvalue weighted by atomic mass is 16.5. The number of rotatable bonds is 2. The van der Waals surface area contributed by atoms with Gasteiger partial charge in [0.15, 0.2) is 0 Å². The summed E-state index contributed by atoms with van der Waals surface area (Å²) >= 11 is 0. The van der Waals surface area contributed by atoms with Crippen molar-refractivity contribution in [3.05, 3.63) is 0 Å². The molecule has 0 aliphatic rings. The van der Waals surface area contributed by atoms with Crippen molar-refractivity contribution in [3.63, 3.8) is 0 Å². The van der Waals surface area contributed by atoms with Gasteiger partial charge in [-0.1, -0.05) is 0 Å². The third-order valence-corrected chi connectivity index (χ3v) is 1.52. The molecule has 0 aliphatic heterocycles. The van der Waals surface area contributed by atoms with Gasteiger partial charge in [-0.25, -0.2) is 0 Å². The molecule has 0 unspecified atom stereocenters. The summed E-state index contributed by atoms with van der Waals surface area (Å²) in [6.07, 6.45) is 0. The largest absolute Gasteiger partial charge is 0.366 e. The summed E-state index contributed by atoms with van der Waals surface area (Å²) in [6.45, 7) is 0. The molecule has 0 aliphatic carbocycles. The zero-order chi connectivity index (χ0) is 10.1. The van der Waals surface area contributed by atoms with Gasteiger partial charge in [0.25, 0.3) is 11.8 Å². The van der Waals surface area contributed by atoms with E-state index < -0.39 is 0 Å². The van der Waals surface area contributed by atoms with Gasteiger partial charge in [-0.05, 0) is 5.16 Å². The van der Waals surface area contributed by atoms with Crippen LogP contribution in [0.15, 0.2) is 4.52 Å². The molecule has 2 aromatic heterocycles. The molecule has 0 aromatic carbocycles. The van der Waals surface area contributed by atoms with E-state index in [-0.39, 0.29) is 11.8 Å². The maximum Gasteiger partial charge on any atom is 0.296 e. The Morgan fingerprint density at radius 3 is 2.64 bits per heavy atom. The van der Waals surface area contributed by atoms with E-state index in [1.165, 1.54) is 0 Å². The van der Waals surface area contributed by atoms with Crippen LogP contribution in [0.1, 0.15) is 0 Å². The summed E-state index contributed by atoms with van der Waals surface area (Å²) in [5, 5.41) is 9.93. The lowest BCUT2D eigenvalue weighted by molar-refractivity contribution is 0.428. The highest BCUT2D eigenvalue weighted by Gasteiger charge is 2.13. The average molecular weight is 195 g/mol. The molecule has 0 saturated heterocycles. The molecule has 8 heteroatoms. The first kappa shape index (κ1) is 8.48. The number of nitrogens with zero attached hydrogens (tertiary/aromatic N) is 5. The summed E-state index contributed by atoms with van der Waals surface area (Å²) in [6, 6.07) is 0. The first-order valence-corrected chi connectivity index (χ1v) is 3.86. The lowest BCUT2D eigenvalue weighted by atomic mass is 10.6. The molecule has 0 amide bonds. The average Bonchev–Trinajstić information content (AvgIpc) is 2.70. The van der Waals surface area contributed by atoms with Crippen molar-refractivity contribution in [1.82, 2.24) is 25.3 Å². The van der Waals surface area contributed by atoms with Gasteiger partial charge >= 0.3 is 0 Å². The van der Waals surface area contributed by atoms with Gasteiger partial charge in [0.1, 0.15) is 0 Å². The number of nitrogens with one attached hydrogen (secondary N) is 1. The van der Waals surface area contributed by atoms with Crippen LogP contribution < -0.4 is 10.6 Å². The minimum atomic E-state index is 0.143. The summed E-state index contributed by atoms with van der Waals surface area (Å²) in [7, 11) is 3.62. The maximum atomic E-state index is 5.33. The minimum Gasteiger partial charge on any atom is -0.366 e. The predicted octanol–water partition coefficient (Wildman–Crippen LogP) is -0.497. The highest BCUT2D eigenvalue weighted by Crippen LogP contribution is 2.15. The zero-order valence-corrected chi connectivity index (χ0v) is 7.72. The second-order valence-electron chi connectivity index (χ2n) is 2.84. The van der Waals surface area contributed by atoms with E-state index in [1.54, 1.807) is 4.90 Å². The number of hydrogen-bond donors (Lipinski definition) is 2. The number of H-pyrrole nitrogens is 1. The number of nitrogen functional groups attached to an aromatic ring is 1. The number of hydrogen-bond acceptors (Lipinski definition) is 7. The number of nitrogens with two attached hydrogens (primary N) is 1. The molecule has 3 N–H and O–H groups in total. The van der Waals surface area contributed by atoms with Gasteiger partial charge in [-0.2, -0.15) is 9.97 Å². The van der Waals surface area contributed by atoms with Gasteiger partial charge < -0.3 is 15.2 Å². The van der Waals surface area contributed by atoms with Gasteiger partial charge in [0, 0.05) is 14.1 Å². The molecule has 8 nitrogen and oxygen atoms in total. The van der Waals surface area contributed by atoms with Crippen molar-refractivity contribution in [3.8, 4) is 11.7 Å². The Hall–Kier alpha value is -2.12. The molecule has 2 aromatic rings. The van der Waals surface area contributed by atoms with Crippen molar-refractivity contribution >= 4 is 11.9 Å².